The standard InChI is InChI=1S/C18H23N3/c1-11-5-6-12(2)13(7-11)17-20-10-14-15(19)8-18(3,4)9-16(14)21-17/h5-7,10,15H,8-9,19H2,1-4H3. The van der Waals surface area contributed by atoms with E-state index in [4.69, 9.17) is 10.7 Å². The molecule has 0 saturated carbocycles. The molecule has 3 nitrogen and oxygen atoms in total. The van der Waals surface area contributed by atoms with Gasteiger partial charge in [0.1, 0.15) is 0 Å². The molecule has 0 aliphatic heterocycles. The van der Waals surface area contributed by atoms with Crippen LogP contribution in [0.3, 0.4) is 0 Å². The van der Waals surface area contributed by atoms with E-state index >= 15 is 0 Å². The number of benzene rings is 1. The largest absolute Gasteiger partial charge is 0.324 e. The summed E-state index contributed by atoms with van der Waals surface area (Å²) < 4.78 is 0. The molecule has 0 radical (unpaired) electrons. The summed E-state index contributed by atoms with van der Waals surface area (Å²) in [6.45, 7) is 8.72. The van der Waals surface area contributed by atoms with Crippen molar-refractivity contribution < 1.29 is 0 Å². The lowest BCUT2D eigenvalue weighted by Gasteiger charge is -2.34. The van der Waals surface area contributed by atoms with E-state index < -0.39 is 0 Å². The monoisotopic (exact) mass is 281 g/mol. The molecule has 0 fully saturated rings. The number of hydrogen-bond donors (Lipinski definition) is 1. The van der Waals surface area contributed by atoms with E-state index in [9.17, 15) is 0 Å². The second-order valence-corrected chi connectivity index (χ2v) is 7.07. The fourth-order valence-electron chi connectivity index (χ4n) is 3.22. The molecule has 2 N–H and O–H groups in total. The van der Waals surface area contributed by atoms with Crippen LogP contribution in [0.5, 0.6) is 0 Å². The molecule has 0 spiro atoms. The third-order valence-electron chi connectivity index (χ3n) is 4.35. The molecule has 0 saturated heterocycles. The van der Waals surface area contributed by atoms with E-state index in [1.807, 2.05) is 6.20 Å². The molecule has 1 aromatic heterocycles. The molecule has 0 amide bonds. The van der Waals surface area contributed by atoms with Gasteiger partial charge >= 0.3 is 0 Å². The summed E-state index contributed by atoms with van der Waals surface area (Å²) in [6.07, 6.45) is 3.89. The number of fused-ring (bicyclic) bond motifs is 1. The lowest BCUT2D eigenvalue weighted by Crippen LogP contribution is -2.30. The van der Waals surface area contributed by atoms with Crippen molar-refractivity contribution in [2.45, 2.75) is 46.6 Å². The summed E-state index contributed by atoms with van der Waals surface area (Å²) >= 11 is 0. The molecule has 3 heteroatoms. The highest BCUT2D eigenvalue weighted by Crippen LogP contribution is 2.39. The minimum Gasteiger partial charge on any atom is -0.324 e. The van der Waals surface area contributed by atoms with Crippen molar-refractivity contribution in [2.24, 2.45) is 11.1 Å². The smallest absolute Gasteiger partial charge is 0.159 e. The average molecular weight is 281 g/mol. The highest BCUT2D eigenvalue weighted by molar-refractivity contribution is 5.61. The van der Waals surface area contributed by atoms with Crippen molar-refractivity contribution >= 4 is 0 Å². The van der Waals surface area contributed by atoms with Gasteiger partial charge in [-0.05, 0) is 43.7 Å². The van der Waals surface area contributed by atoms with Crippen LogP contribution in [0.4, 0.5) is 0 Å². The van der Waals surface area contributed by atoms with Gasteiger partial charge in [0.25, 0.3) is 0 Å². The molecular formula is C18H23N3. The first-order valence-corrected chi connectivity index (χ1v) is 7.55. The van der Waals surface area contributed by atoms with Gasteiger partial charge in [0, 0.05) is 29.1 Å². The van der Waals surface area contributed by atoms with E-state index in [0.29, 0.717) is 0 Å². The zero-order valence-corrected chi connectivity index (χ0v) is 13.3. The van der Waals surface area contributed by atoms with Crippen molar-refractivity contribution in [2.75, 3.05) is 0 Å². The minimum atomic E-state index is 0.0522. The highest BCUT2D eigenvalue weighted by Gasteiger charge is 2.31. The Morgan fingerprint density at radius 3 is 2.76 bits per heavy atom. The summed E-state index contributed by atoms with van der Waals surface area (Å²) in [4.78, 5) is 9.41. The minimum absolute atomic E-state index is 0.0522. The van der Waals surface area contributed by atoms with Crippen molar-refractivity contribution in [3.05, 3.63) is 46.8 Å². The molecule has 0 bridgehead atoms. The maximum atomic E-state index is 6.28. The van der Waals surface area contributed by atoms with Crippen molar-refractivity contribution in [1.82, 2.24) is 9.97 Å². The van der Waals surface area contributed by atoms with Crippen LogP contribution in [-0.2, 0) is 6.42 Å². The summed E-state index contributed by atoms with van der Waals surface area (Å²) in [5.74, 6) is 0.819. The first-order chi connectivity index (χ1) is 9.85. The fourth-order valence-corrected chi connectivity index (χ4v) is 3.22. The maximum absolute atomic E-state index is 6.28. The molecule has 1 heterocycles. The first-order valence-electron chi connectivity index (χ1n) is 7.55. The van der Waals surface area contributed by atoms with Gasteiger partial charge in [-0.15, -0.1) is 0 Å². The van der Waals surface area contributed by atoms with Gasteiger partial charge in [-0.3, -0.25) is 0 Å². The average Bonchev–Trinajstić information content (AvgIpc) is 2.39. The van der Waals surface area contributed by atoms with Crippen LogP contribution in [-0.4, -0.2) is 9.97 Å². The Morgan fingerprint density at radius 1 is 1.24 bits per heavy atom. The first kappa shape index (κ1) is 14.2. The lowest BCUT2D eigenvalue weighted by molar-refractivity contribution is 0.278. The van der Waals surface area contributed by atoms with Gasteiger partial charge < -0.3 is 5.73 Å². The summed E-state index contributed by atoms with van der Waals surface area (Å²) in [7, 11) is 0. The Hall–Kier alpha value is -1.74. The summed E-state index contributed by atoms with van der Waals surface area (Å²) in [6, 6.07) is 6.46. The van der Waals surface area contributed by atoms with E-state index in [1.165, 1.54) is 11.1 Å². The maximum Gasteiger partial charge on any atom is 0.159 e. The molecular weight excluding hydrogens is 258 g/mol. The predicted molar refractivity (Wildman–Crippen MR) is 86.0 cm³/mol. The van der Waals surface area contributed by atoms with Gasteiger partial charge in [0.05, 0.1) is 0 Å². The molecule has 1 atom stereocenters. The second kappa shape index (κ2) is 4.92. The molecule has 1 unspecified atom stereocenters. The van der Waals surface area contributed by atoms with Crippen LogP contribution in [0, 0.1) is 19.3 Å². The Bertz CT molecular complexity index is 689. The molecule has 1 aromatic carbocycles. The number of nitrogens with zero attached hydrogens (tertiary/aromatic N) is 2. The van der Waals surface area contributed by atoms with Gasteiger partial charge in [0.2, 0.25) is 0 Å². The van der Waals surface area contributed by atoms with Crippen LogP contribution in [0.25, 0.3) is 11.4 Å². The predicted octanol–water partition coefficient (Wildman–Crippen LogP) is 3.73. The quantitative estimate of drug-likeness (QED) is 0.866. The van der Waals surface area contributed by atoms with Crippen LogP contribution in [0.15, 0.2) is 24.4 Å². The Labute approximate surface area is 126 Å². The number of aryl methyl sites for hydroxylation is 2. The van der Waals surface area contributed by atoms with Crippen LogP contribution in [0.2, 0.25) is 0 Å². The topological polar surface area (TPSA) is 51.8 Å². The highest BCUT2D eigenvalue weighted by atomic mass is 14.9. The molecule has 21 heavy (non-hydrogen) atoms. The van der Waals surface area contributed by atoms with Crippen molar-refractivity contribution in [3.63, 3.8) is 0 Å². The molecule has 1 aliphatic rings. The van der Waals surface area contributed by atoms with Crippen molar-refractivity contribution in [3.8, 4) is 11.4 Å². The fraction of sp³-hybridized carbons (Fsp3) is 0.444. The number of aromatic nitrogens is 2. The van der Waals surface area contributed by atoms with Gasteiger partial charge in [-0.2, -0.15) is 0 Å². The lowest BCUT2D eigenvalue weighted by atomic mass is 9.74. The Kier molecular flexibility index (Phi) is 3.33. The number of nitrogens with two attached hydrogens (primary N) is 1. The molecule has 1 aliphatic carbocycles. The van der Waals surface area contributed by atoms with Gasteiger partial charge in [-0.25, -0.2) is 9.97 Å². The third-order valence-corrected chi connectivity index (χ3v) is 4.35. The van der Waals surface area contributed by atoms with Crippen LogP contribution in [0.1, 0.15) is 48.7 Å². The van der Waals surface area contributed by atoms with E-state index in [2.05, 4.69) is 50.9 Å². The van der Waals surface area contributed by atoms with Crippen LogP contribution >= 0.6 is 0 Å². The molecule has 3 rings (SSSR count). The van der Waals surface area contributed by atoms with E-state index in [1.54, 1.807) is 0 Å². The van der Waals surface area contributed by atoms with E-state index in [-0.39, 0.29) is 11.5 Å². The summed E-state index contributed by atoms with van der Waals surface area (Å²) in [5, 5.41) is 0. The number of rotatable bonds is 1. The van der Waals surface area contributed by atoms with Gasteiger partial charge in [-0.1, -0.05) is 31.5 Å². The van der Waals surface area contributed by atoms with Crippen LogP contribution < -0.4 is 5.73 Å². The Morgan fingerprint density at radius 2 is 2.00 bits per heavy atom. The zero-order valence-electron chi connectivity index (χ0n) is 13.3. The Balaban J connectivity index is 2.09. The molecule has 2 aromatic rings. The van der Waals surface area contributed by atoms with E-state index in [0.717, 1.165) is 35.5 Å². The van der Waals surface area contributed by atoms with Gasteiger partial charge in [0.15, 0.2) is 5.82 Å². The SMILES string of the molecule is Cc1ccc(C)c(-c2ncc3c(n2)CC(C)(C)CC3N)c1. The normalized spacial score (nSPS) is 20.1. The second-order valence-electron chi connectivity index (χ2n) is 7.07. The van der Waals surface area contributed by atoms with Crippen molar-refractivity contribution in [1.29, 1.82) is 0 Å². The third kappa shape index (κ3) is 2.70. The number of hydrogen-bond acceptors (Lipinski definition) is 3. The zero-order chi connectivity index (χ0) is 15.2. The summed E-state index contributed by atoms with van der Waals surface area (Å²) in [5.41, 5.74) is 12.3. The molecule has 110 valence electrons.